The van der Waals surface area contributed by atoms with Crippen molar-refractivity contribution < 1.29 is 18.3 Å². The van der Waals surface area contributed by atoms with Gasteiger partial charge in [-0.1, -0.05) is 30.3 Å². The molecule has 2 fully saturated rings. The molecule has 1 spiro atoms. The highest BCUT2D eigenvalue weighted by Gasteiger charge is 2.53. The first-order valence-electron chi connectivity index (χ1n) is 10.3. The summed E-state index contributed by atoms with van der Waals surface area (Å²) in [6.45, 7) is 1.90. The molecule has 2 aromatic carbocycles. The van der Waals surface area contributed by atoms with Gasteiger partial charge in [0.2, 0.25) is 5.91 Å². The Balaban J connectivity index is 1.49. The maximum absolute atomic E-state index is 14.1. The standard InChI is InChI=1S/C23H24F2N2O2/c24-20-10-16-14-29-23(18(16)11-21(20)25)8-9-26-12-19(23)22(28)27(17-6-7-17)13-15-4-2-1-3-5-15/h1-5,10-11,17,19,26H,6-9,12-14H2/t19-,23?/m1/s1. The lowest BCUT2D eigenvalue weighted by Gasteiger charge is -2.42. The van der Waals surface area contributed by atoms with Crippen LogP contribution in [0.1, 0.15) is 36.0 Å². The molecule has 0 radical (unpaired) electrons. The van der Waals surface area contributed by atoms with Gasteiger partial charge in [0.25, 0.3) is 0 Å². The van der Waals surface area contributed by atoms with E-state index in [-0.39, 0.29) is 18.6 Å². The van der Waals surface area contributed by atoms with Gasteiger partial charge in [-0.05, 0) is 54.6 Å². The van der Waals surface area contributed by atoms with Gasteiger partial charge in [0.1, 0.15) is 5.60 Å². The van der Waals surface area contributed by atoms with Crippen LogP contribution in [0.2, 0.25) is 0 Å². The average molecular weight is 398 g/mol. The van der Waals surface area contributed by atoms with Gasteiger partial charge >= 0.3 is 0 Å². The SMILES string of the molecule is O=C([C@H]1CNCCC12OCc1cc(F)c(F)cc12)N(Cc1ccccc1)C1CC1. The normalized spacial score (nSPS) is 25.8. The molecule has 1 saturated heterocycles. The van der Waals surface area contributed by atoms with Gasteiger partial charge in [0.05, 0.1) is 12.5 Å². The molecular formula is C23H24F2N2O2. The summed E-state index contributed by atoms with van der Waals surface area (Å²) in [6, 6.07) is 12.7. The van der Waals surface area contributed by atoms with Crippen LogP contribution in [0, 0.1) is 17.6 Å². The predicted octanol–water partition coefficient (Wildman–Crippen LogP) is 3.49. The monoisotopic (exact) mass is 398 g/mol. The Bertz CT molecular complexity index is 932. The fourth-order valence-electron chi connectivity index (χ4n) is 4.78. The molecule has 6 heteroatoms. The summed E-state index contributed by atoms with van der Waals surface area (Å²) in [5.41, 5.74) is 1.47. The molecule has 2 aromatic rings. The highest BCUT2D eigenvalue weighted by molar-refractivity contribution is 5.82. The summed E-state index contributed by atoms with van der Waals surface area (Å²) < 4.78 is 34.0. The number of nitrogens with one attached hydrogen (secondary N) is 1. The van der Waals surface area contributed by atoms with Crippen molar-refractivity contribution in [1.29, 1.82) is 0 Å². The number of piperidine rings is 1. The molecule has 1 saturated carbocycles. The Morgan fingerprint density at radius 3 is 2.69 bits per heavy atom. The van der Waals surface area contributed by atoms with E-state index in [2.05, 4.69) is 5.32 Å². The zero-order valence-corrected chi connectivity index (χ0v) is 16.2. The van der Waals surface area contributed by atoms with Gasteiger partial charge < -0.3 is 15.0 Å². The number of carbonyl (C=O) groups excluding carboxylic acids is 1. The van der Waals surface area contributed by atoms with Gasteiger partial charge in [0.15, 0.2) is 11.6 Å². The van der Waals surface area contributed by atoms with E-state index in [9.17, 15) is 13.6 Å². The quantitative estimate of drug-likeness (QED) is 0.857. The second-order valence-corrected chi connectivity index (χ2v) is 8.29. The summed E-state index contributed by atoms with van der Waals surface area (Å²) in [5.74, 6) is -2.20. The van der Waals surface area contributed by atoms with Crippen LogP contribution in [0.3, 0.4) is 0 Å². The molecule has 1 N–H and O–H groups in total. The molecule has 2 atom stereocenters. The summed E-state index contributed by atoms with van der Waals surface area (Å²) in [7, 11) is 0. The number of carbonyl (C=O) groups is 1. The van der Waals surface area contributed by atoms with E-state index in [0.717, 1.165) is 18.4 Å². The van der Waals surface area contributed by atoms with Crippen LogP contribution in [0.25, 0.3) is 0 Å². The third-order valence-corrected chi connectivity index (χ3v) is 6.44. The van der Waals surface area contributed by atoms with Gasteiger partial charge in [-0.2, -0.15) is 0 Å². The Labute approximate surface area is 168 Å². The first-order chi connectivity index (χ1) is 14.1. The van der Waals surface area contributed by atoms with Crippen LogP contribution in [-0.2, 0) is 28.3 Å². The molecule has 1 amide bonds. The van der Waals surface area contributed by atoms with Crippen molar-refractivity contribution >= 4 is 5.91 Å². The molecule has 0 aromatic heterocycles. The lowest BCUT2D eigenvalue weighted by molar-refractivity contribution is -0.157. The van der Waals surface area contributed by atoms with E-state index >= 15 is 0 Å². The third-order valence-electron chi connectivity index (χ3n) is 6.44. The number of halogens is 2. The number of rotatable bonds is 4. The second kappa shape index (κ2) is 7.18. The van der Waals surface area contributed by atoms with Crippen molar-refractivity contribution in [3.05, 3.63) is 70.8 Å². The molecule has 1 aliphatic carbocycles. The van der Waals surface area contributed by atoms with Gasteiger partial charge in [-0.25, -0.2) is 8.78 Å². The number of hydrogen-bond donors (Lipinski definition) is 1. The van der Waals surface area contributed by atoms with Crippen LogP contribution >= 0.6 is 0 Å². The van der Waals surface area contributed by atoms with Crippen molar-refractivity contribution in [1.82, 2.24) is 10.2 Å². The highest BCUT2D eigenvalue weighted by Crippen LogP contribution is 2.48. The number of hydrogen-bond acceptors (Lipinski definition) is 3. The van der Waals surface area contributed by atoms with Crippen molar-refractivity contribution in [2.24, 2.45) is 5.92 Å². The lowest BCUT2D eigenvalue weighted by atomic mass is 9.75. The maximum Gasteiger partial charge on any atom is 0.230 e. The van der Waals surface area contributed by atoms with Gasteiger partial charge in [0, 0.05) is 19.1 Å². The fourth-order valence-corrected chi connectivity index (χ4v) is 4.78. The van der Waals surface area contributed by atoms with Crippen molar-refractivity contribution in [3.63, 3.8) is 0 Å². The van der Waals surface area contributed by atoms with E-state index in [1.165, 1.54) is 12.1 Å². The molecule has 1 unspecified atom stereocenters. The molecule has 3 aliphatic rings. The summed E-state index contributed by atoms with van der Waals surface area (Å²) >= 11 is 0. The average Bonchev–Trinajstić information content (AvgIpc) is 3.53. The zero-order chi connectivity index (χ0) is 20.0. The largest absolute Gasteiger partial charge is 0.365 e. The molecular weight excluding hydrogens is 374 g/mol. The Kier molecular flexibility index (Phi) is 4.63. The number of fused-ring (bicyclic) bond motifs is 2. The van der Waals surface area contributed by atoms with Crippen molar-refractivity contribution in [3.8, 4) is 0 Å². The summed E-state index contributed by atoms with van der Waals surface area (Å²) in [6.07, 6.45) is 2.57. The van der Waals surface area contributed by atoms with E-state index < -0.39 is 23.2 Å². The number of ether oxygens (including phenoxy) is 1. The van der Waals surface area contributed by atoms with Crippen LogP contribution in [0.15, 0.2) is 42.5 Å². The van der Waals surface area contributed by atoms with Crippen LogP contribution in [-0.4, -0.2) is 29.9 Å². The molecule has 2 aliphatic heterocycles. The molecule has 152 valence electrons. The minimum absolute atomic E-state index is 0.0288. The third kappa shape index (κ3) is 3.24. The first kappa shape index (κ1) is 18.7. The Morgan fingerprint density at radius 2 is 1.93 bits per heavy atom. The number of nitrogens with zero attached hydrogens (tertiary/aromatic N) is 1. The van der Waals surface area contributed by atoms with E-state index in [1.807, 2.05) is 35.2 Å². The molecule has 4 nitrogen and oxygen atoms in total. The summed E-state index contributed by atoms with van der Waals surface area (Å²) in [4.78, 5) is 15.7. The fraction of sp³-hybridized carbons (Fsp3) is 0.435. The van der Waals surface area contributed by atoms with E-state index in [0.29, 0.717) is 37.2 Å². The molecule has 5 rings (SSSR count). The number of benzene rings is 2. The maximum atomic E-state index is 14.1. The van der Waals surface area contributed by atoms with E-state index in [4.69, 9.17) is 4.74 Å². The molecule has 2 heterocycles. The topological polar surface area (TPSA) is 41.6 Å². The first-order valence-corrected chi connectivity index (χ1v) is 10.3. The van der Waals surface area contributed by atoms with Crippen LogP contribution < -0.4 is 5.32 Å². The lowest BCUT2D eigenvalue weighted by Crippen LogP contribution is -2.55. The zero-order valence-electron chi connectivity index (χ0n) is 16.2. The number of amides is 1. The minimum Gasteiger partial charge on any atom is -0.365 e. The van der Waals surface area contributed by atoms with Crippen LogP contribution in [0.5, 0.6) is 0 Å². The van der Waals surface area contributed by atoms with E-state index in [1.54, 1.807) is 0 Å². The van der Waals surface area contributed by atoms with Crippen molar-refractivity contribution in [2.45, 2.75) is 44.1 Å². The second-order valence-electron chi connectivity index (χ2n) is 8.29. The predicted molar refractivity (Wildman–Crippen MR) is 104 cm³/mol. The van der Waals surface area contributed by atoms with Gasteiger partial charge in [-0.3, -0.25) is 4.79 Å². The highest BCUT2D eigenvalue weighted by atomic mass is 19.2. The molecule has 0 bridgehead atoms. The van der Waals surface area contributed by atoms with Crippen LogP contribution in [0.4, 0.5) is 8.78 Å². The minimum atomic E-state index is -0.893. The molecule has 29 heavy (non-hydrogen) atoms. The van der Waals surface area contributed by atoms with Gasteiger partial charge in [-0.15, -0.1) is 0 Å². The Morgan fingerprint density at radius 1 is 1.17 bits per heavy atom. The smallest absolute Gasteiger partial charge is 0.230 e. The summed E-state index contributed by atoms with van der Waals surface area (Å²) in [5, 5.41) is 3.31. The Hall–Kier alpha value is -2.31. The van der Waals surface area contributed by atoms with Crippen molar-refractivity contribution in [2.75, 3.05) is 13.1 Å².